The van der Waals surface area contributed by atoms with Gasteiger partial charge in [0.05, 0.1) is 5.56 Å². The van der Waals surface area contributed by atoms with E-state index in [1.54, 1.807) is 0 Å². The van der Waals surface area contributed by atoms with Gasteiger partial charge in [0.15, 0.2) is 0 Å². The Morgan fingerprint density at radius 1 is 1.20 bits per heavy atom. The zero-order valence-corrected chi connectivity index (χ0v) is 12.2. The fourth-order valence-corrected chi connectivity index (χ4v) is 2.93. The number of fused-ring (bicyclic) bond motifs is 1. The number of hydrogen-bond donors (Lipinski definition) is 1. The van der Waals surface area contributed by atoms with Crippen LogP contribution in [0.5, 0.6) is 0 Å². The van der Waals surface area contributed by atoms with Crippen molar-refractivity contribution in [1.29, 1.82) is 0 Å². The summed E-state index contributed by atoms with van der Waals surface area (Å²) in [5.74, 6) is 0.0448. The van der Waals surface area contributed by atoms with Crippen LogP contribution in [0.1, 0.15) is 35.6 Å². The third-order valence-corrected chi connectivity index (χ3v) is 3.92. The minimum absolute atomic E-state index is 0.0448. The molecule has 0 bridgehead atoms. The molecule has 0 unspecified atom stereocenters. The van der Waals surface area contributed by atoms with Gasteiger partial charge in [0.25, 0.3) is 5.91 Å². The van der Waals surface area contributed by atoms with Gasteiger partial charge in [-0.15, -0.1) is 0 Å². The number of nitrogens with zero attached hydrogens (tertiary/aromatic N) is 1. The highest BCUT2D eigenvalue weighted by Crippen LogP contribution is 2.30. The van der Waals surface area contributed by atoms with Crippen LogP contribution in [0.3, 0.4) is 0 Å². The van der Waals surface area contributed by atoms with Crippen LogP contribution in [0.15, 0.2) is 36.4 Å². The van der Waals surface area contributed by atoms with Gasteiger partial charge in [-0.25, -0.2) is 0 Å². The van der Waals surface area contributed by atoms with Crippen molar-refractivity contribution in [1.82, 2.24) is 9.88 Å². The molecular formula is C17H20N2O. The molecular weight excluding hydrogens is 248 g/mol. The van der Waals surface area contributed by atoms with Crippen molar-refractivity contribution < 1.29 is 4.79 Å². The van der Waals surface area contributed by atoms with Gasteiger partial charge in [0.2, 0.25) is 0 Å². The fraction of sp³-hybridized carbons (Fsp3) is 0.353. The fourth-order valence-electron chi connectivity index (χ4n) is 2.93. The standard InChI is InChI=1S/C17H20N2O/c1-12-9-14-15(10-17(2,3)11-18-16(14)20)19(12)13-7-5-4-6-8-13/h4-9H,10-11H2,1-3H3,(H,18,20). The van der Waals surface area contributed by atoms with Crippen LogP contribution in [0.25, 0.3) is 5.69 Å². The molecule has 3 heteroatoms. The van der Waals surface area contributed by atoms with E-state index < -0.39 is 0 Å². The number of benzene rings is 1. The molecule has 0 fully saturated rings. The highest BCUT2D eigenvalue weighted by atomic mass is 16.1. The van der Waals surface area contributed by atoms with E-state index in [4.69, 9.17) is 0 Å². The Labute approximate surface area is 119 Å². The monoisotopic (exact) mass is 268 g/mol. The summed E-state index contributed by atoms with van der Waals surface area (Å²) in [4.78, 5) is 12.3. The molecule has 1 aliphatic rings. The first-order valence-electron chi connectivity index (χ1n) is 7.03. The van der Waals surface area contributed by atoms with Crippen molar-refractivity contribution in [3.8, 4) is 5.69 Å². The van der Waals surface area contributed by atoms with Gasteiger partial charge in [-0.1, -0.05) is 32.0 Å². The normalized spacial score (nSPS) is 17.2. The molecule has 2 aromatic rings. The molecule has 1 aromatic carbocycles. The second kappa shape index (κ2) is 4.51. The lowest BCUT2D eigenvalue weighted by atomic mass is 9.88. The maximum absolute atomic E-state index is 12.3. The predicted octanol–water partition coefficient (Wildman–Crippen LogP) is 3.10. The average Bonchev–Trinajstić information content (AvgIpc) is 2.68. The topological polar surface area (TPSA) is 34.0 Å². The second-order valence-electron chi connectivity index (χ2n) is 6.34. The third kappa shape index (κ3) is 2.13. The van der Waals surface area contributed by atoms with E-state index in [-0.39, 0.29) is 11.3 Å². The van der Waals surface area contributed by atoms with E-state index in [1.807, 2.05) is 24.3 Å². The van der Waals surface area contributed by atoms with Crippen LogP contribution in [0, 0.1) is 12.3 Å². The predicted molar refractivity (Wildman–Crippen MR) is 80.3 cm³/mol. The first kappa shape index (κ1) is 13.0. The van der Waals surface area contributed by atoms with Crippen LogP contribution in [-0.4, -0.2) is 17.0 Å². The first-order valence-corrected chi connectivity index (χ1v) is 7.03. The molecule has 1 aliphatic heterocycles. The zero-order valence-electron chi connectivity index (χ0n) is 12.2. The van der Waals surface area contributed by atoms with Crippen molar-refractivity contribution in [3.63, 3.8) is 0 Å². The van der Waals surface area contributed by atoms with Crippen molar-refractivity contribution in [2.75, 3.05) is 6.54 Å². The largest absolute Gasteiger partial charge is 0.351 e. The molecule has 0 saturated carbocycles. The van der Waals surface area contributed by atoms with E-state index in [9.17, 15) is 4.79 Å². The van der Waals surface area contributed by atoms with Gasteiger partial charge in [-0.05, 0) is 37.0 Å². The van der Waals surface area contributed by atoms with Crippen molar-refractivity contribution in [3.05, 3.63) is 53.3 Å². The Morgan fingerprint density at radius 3 is 2.60 bits per heavy atom. The summed E-state index contributed by atoms with van der Waals surface area (Å²) in [5.41, 5.74) is 4.23. The van der Waals surface area contributed by atoms with Gasteiger partial charge in [-0.3, -0.25) is 4.79 Å². The molecule has 0 aliphatic carbocycles. The SMILES string of the molecule is Cc1cc2c(n1-c1ccccc1)CC(C)(C)CNC2=O. The molecule has 1 amide bonds. The average molecular weight is 268 g/mol. The minimum Gasteiger partial charge on any atom is -0.351 e. The lowest BCUT2D eigenvalue weighted by Gasteiger charge is -2.23. The van der Waals surface area contributed by atoms with E-state index in [0.29, 0.717) is 6.54 Å². The molecule has 0 spiro atoms. The van der Waals surface area contributed by atoms with E-state index in [2.05, 4.69) is 42.8 Å². The number of aromatic nitrogens is 1. The molecule has 20 heavy (non-hydrogen) atoms. The van der Waals surface area contributed by atoms with E-state index >= 15 is 0 Å². The zero-order chi connectivity index (χ0) is 14.3. The lowest BCUT2D eigenvalue weighted by molar-refractivity contribution is 0.0945. The van der Waals surface area contributed by atoms with Gasteiger partial charge >= 0.3 is 0 Å². The number of nitrogens with one attached hydrogen (secondary N) is 1. The third-order valence-electron chi connectivity index (χ3n) is 3.92. The summed E-state index contributed by atoms with van der Waals surface area (Å²) < 4.78 is 2.21. The number of rotatable bonds is 1. The molecule has 0 saturated heterocycles. The summed E-state index contributed by atoms with van der Waals surface area (Å²) >= 11 is 0. The van der Waals surface area contributed by atoms with Crippen LogP contribution >= 0.6 is 0 Å². The number of aryl methyl sites for hydroxylation is 1. The highest BCUT2D eigenvalue weighted by Gasteiger charge is 2.30. The van der Waals surface area contributed by atoms with E-state index in [0.717, 1.165) is 29.1 Å². The lowest BCUT2D eigenvalue weighted by Crippen LogP contribution is -2.31. The summed E-state index contributed by atoms with van der Waals surface area (Å²) in [6.45, 7) is 7.16. The summed E-state index contributed by atoms with van der Waals surface area (Å²) in [6, 6.07) is 12.2. The molecule has 3 rings (SSSR count). The van der Waals surface area contributed by atoms with Crippen LogP contribution in [-0.2, 0) is 6.42 Å². The Balaban J connectivity index is 2.21. The summed E-state index contributed by atoms with van der Waals surface area (Å²) in [7, 11) is 0. The number of amides is 1. The quantitative estimate of drug-likeness (QED) is 0.847. The van der Waals surface area contributed by atoms with Gasteiger partial charge in [0.1, 0.15) is 0 Å². The number of hydrogen-bond acceptors (Lipinski definition) is 1. The minimum atomic E-state index is 0.0448. The molecule has 0 atom stereocenters. The maximum atomic E-state index is 12.3. The molecule has 0 radical (unpaired) electrons. The van der Waals surface area contributed by atoms with Crippen molar-refractivity contribution in [2.24, 2.45) is 5.41 Å². The Morgan fingerprint density at radius 2 is 1.90 bits per heavy atom. The Kier molecular flexibility index (Phi) is 2.93. The molecule has 104 valence electrons. The Hall–Kier alpha value is -2.03. The first-order chi connectivity index (χ1) is 9.48. The van der Waals surface area contributed by atoms with Crippen LogP contribution in [0.4, 0.5) is 0 Å². The summed E-state index contributed by atoms with van der Waals surface area (Å²) in [5, 5.41) is 3.03. The molecule has 2 heterocycles. The van der Waals surface area contributed by atoms with Crippen LogP contribution in [0.2, 0.25) is 0 Å². The highest BCUT2D eigenvalue weighted by molar-refractivity contribution is 5.96. The van der Waals surface area contributed by atoms with Gasteiger partial charge in [-0.2, -0.15) is 0 Å². The molecule has 3 nitrogen and oxygen atoms in total. The smallest absolute Gasteiger partial charge is 0.253 e. The van der Waals surface area contributed by atoms with Crippen molar-refractivity contribution >= 4 is 5.91 Å². The van der Waals surface area contributed by atoms with Crippen LogP contribution < -0.4 is 5.32 Å². The molecule has 1 aromatic heterocycles. The van der Waals surface area contributed by atoms with Crippen molar-refractivity contribution in [2.45, 2.75) is 27.2 Å². The number of carbonyl (C=O) groups excluding carboxylic acids is 1. The maximum Gasteiger partial charge on any atom is 0.253 e. The van der Waals surface area contributed by atoms with E-state index in [1.165, 1.54) is 0 Å². The number of para-hydroxylation sites is 1. The molecule has 1 N–H and O–H groups in total. The number of carbonyl (C=O) groups is 1. The van der Waals surface area contributed by atoms with Gasteiger partial charge < -0.3 is 9.88 Å². The second-order valence-corrected chi connectivity index (χ2v) is 6.34. The summed E-state index contributed by atoms with van der Waals surface area (Å²) in [6.07, 6.45) is 0.893. The Bertz CT molecular complexity index is 653. The van der Waals surface area contributed by atoms with Gasteiger partial charge in [0, 0.05) is 23.6 Å².